The highest BCUT2D eigenvalue weighted by molar-refractivity contribution is 7.89. The third kappa shape index (κ3) is 5.58. The second-order valence-corrected chi connectivity index (χ2v) is 13.3. The molecule has 0 spiro atoms. The lowest BCUT2D eigenvalue weighted by molar-refractivity contribution is 0.104. The van der Waals surface area contributed by atoms with E-state index in [1.807, 2.05) is 44.4 Å². The van der Waals surface area contributed by atoms with Gasteiger partial charge in [0.15, 0.2) is 0 Å². The van der Waals surface area contributed by atoms with E-state index in [4.69, 9.17) is 4.42 Å². The number of amides is 1. The third-order valence-electron chi connectivity index (χ3n) is 8.47. The Morgan fingerprint density at radius 3 is 2.56 bits per heavy atom. The summed E-state index contributed by atoms with van der Waals surface area (Å²) in [5.41, 5.74) is 3.74. The van der Waals surface area contributed by atoms with Crippen molar-refractivity contribution in [1.82, 2.24) is 14.1 Å². The fraction of sp³-hybridized carbons (Fsp3) is 0.500. The van der Waals surface area contributed by atoms with Crippen molar-refractivity contribution in [2.45, 2.75) is 50.5 Å². The van der Waals surface area contributed by atoms with Gasteiger partial charge in [0, 0.05) is 32.1 Å². The number of rotatable bonds is 8. The third-order valence-corrected chi connectivity index (χ3v) is 10.4. The van der Waals surface area contributed by atoms with Crippen LogP contribution in [0.25, 0.3) is 11.0 Å². The zero-order chi connectivity index (χ0) is 27.7. The summed E-state index contributed by atoms with van der Waals surface area (Å²) >= 11 is 0. The molecule has 1 atom stereocenters. The highest BCUT2D eigenvalue weighted by atomic mass is 32.2. The second kappa shape index (κ2) is 11.3. The molecule has 2 aliphatic heterocycles. The number of fused-ring (bicyclic) bond motifs is 2. The summed E-state index contributed by atoms with van der Waals surface area (Å²) in [5, 5.41) is 10.9. The van der Waals surface area contributed by atoms with E-state index in [-0.39, 0.29) is 12.0 Å². The Morgan fingerprint density at radius 1 is 1.10 bits per heavy atom. The summed E-state index contributed by atoms with van der Waals surface area (Å²) in [6, 6.07) is 13.1. The Hall–Kier alpha value is -2.88. The summed E-state index contributed by atoms with van der Waals surface area (Å²) < 4.78 is 34.7. The van der Waals surface area contributed by atoms with Crippen LogP contribution in [0.1, 0.15) is 49.4 Å². The van der Waals surface area contributed by atoms with Gasteiger partial charge in [0.2, 0.25) is 10.0 Å². The highest BCUT2D eigenvalue weighted by Gasteiger charge is 2.37. The molecule has 1 saturated heterocycles. The van der Waals surface area contributed by atoms with E-state index in [2.05, 4.69) is 11.0 Å². The van der Waals surface area contributed by atoms with Gasteiger partial charge in [-0.05, 0) is 79.4 Å². The topological polar surface area (TPSA) is 94.3 Å². The SMILES string of the molecule is CC(C)C1c2cccc(S(=O)(=O)N(C)CC3CCN(CCc4coc5ccccc45)CC3)c2CCN1C(=O)O. The quantitative estimate of drug-likeness (QED) is 0.410. The molecule has 8 nitrogen and oxygen atoms in total. The summed E-state index contributed by atoms with van der Waals surface area (Å²) in [4.78, 5) is 16.1. The second-order valence-electron chi connectivity index (χ2n) is 11.3. The number of benzene rings is 2. The number of likely N-dealkylation sites (tertiary alicyclic amines) is 1. The average molecular weight is 554 g/mol. The average Bonchev–Trinajstić information content (AvgIpc) is 3.34. The molecule has 3 aromatic rings. The Morgan fingerprint density at radius 2 is 1.85 bits per heavy atom. The van der Waals surface area contributed by atoms with Gasteiger partial charge >= 0.3 is 6.09 Å². The summed E-state index contributed by atoms with van der Waals surface area (Å²) in [7, 11) is -2.02. The van der Waals surface area contributed by atoms with Gasteiger partial charge in [0.25, 0.3) is 0 Å². The molecule has 0 bridgehead atoms. The summed E-state index contributed by atoms with van der Waals surface area (Å²) in [6.45, 7) is 7.62. The molecule has 3 heterocycles. The van der Waals surface area contributed by atoms with Gasteiger partial charge in [-0.15, -0.1) is 0 Å². The number of nitrogens with zero attached hydrogens (tertiary/aromatic N) is 3. The van der Waals surface area contributed by atoms with Crippen LogP contribution in [0, 0.1) is 11.8 Å². The molecule has 2 aromatic carbocycles. The zero-order valence-electron chi connectivity index (χ0n) is 23.0. The molecular formula is C30H39N3O5S. The van der Waals surface area contributed by atoms with Crippen LogP contribution in [0.5, 0.6) is 0 Å². The standard InChI is InChI=1S/C30H39N3O5S/c1-21(2)29-26-8-6-10-28(25(26)14-18-33(29)30(34)35)39(36,37)31(3)19-22-11-15-32(16-12-22)17-13-23-20-38-27-9-5-4-7-24(23)27/h4-10,20-22,29H,11-19H2,1-3H3,(H,34,35). The number of furan rings is 1. The maximum Gasteiger partial charge on any atom is 0.407 e. The zero-order valence-corrected chi connectivity index (χ0v) is 23.9. The van der Waals surface area contributed by atoms with Crippen LogP contribution < -0.4 is 0 Å². The molecule has 1 amide bonds. The lowest BCUT2D eigenvalue weighted by atomic mass is 9.86. The van der Waals surface area contributed by atoms with Gasteiger partial charge in [-0.2, -0.15) is 0 Å². The molecule has 5 rings (SSSR count). The Labute approximate surface area is 231 Å². The molecule has 0 saturated carbocycles. The highest BCUT2D eigenvalue weighted by Crippen LogP contribution is 2.38. The van der Waals surface area contributed by atoms with Crippen molar-refractivity contribution in [1.29, 1.82) is 0 Å². The Kier molecular flexibility index (Phi) is 8.03. The molecule has 210 valence electrons. The van der Waals surface area contributed by atoms with Crippen molar-refractivity contribution >= 4 is 27.1 Å². The summed E-state index contributed by atoms with van der Waals surface area (Å²) in [5.74, 6) is 0.342. The fourth-order valence-corrected chi connectivity index (χ4v) is 7.89. The number of sulfonamides is 1. The van der Waals surface area contributed by atoms with Crippen LogP contribution in [-0.4, -0.2) is 73.5 Å². The first-order valence-corrected chi connectivity index (χ1v) is 15.4. The predicted octanol–water partition coefficient (Wildman–Crippen LogP) is 5.24. The van der Waals surface area contributed by atoms with Gasteiger partial charge in [0.1, 0.15) is 5.58 Å². The van der Waals surface area contributed by atoms with Crippen molar-refractivity contribution in [2.75, 3.05) is 39.8 Å². The monoisotopic (exact) mass is 553 g/mol. The van der Waals surface area contributed by atoms with Crippen molar-refractivity contribution in [3.8, 4) is 0 Å². The number of para-hydroxylation sites is 1. The maximum atomic E-state index is 13.8. The molecule has 39 heavy (non-hydrogen) atoms. The van der Waals surface area contributed by atoms with Crippen LogP contribution in [0.4, 0.5) is 4.79 Å². The first-order chi connectivity index (χ1) is 18.7. The number of carboxylic acid groups (broad SMARTS) is 1. The van der Waals surface area contributed by atoms with E-state index < -0.39 is 16.1 Å². The van der Waals surface area contributed by atoms with E-state index in [0.29, 0.717) is 30.3 Å². The predicted molar refractivity (Wildman–Crippen MR) is 151 cm³/mol. The molecular weight excluding hydrogens is 514 g/mol. The first-order valence-electron chi connectivity index (χ1n) is 13.9. The number of hydrogen-bond acceptors (Lipinski definition) is 5. The van der Waals surface area contributed by atoms with E-state index in [1.54, 1.807) is 19.2 Å². The molecule has 1 N–H and O–H groups in total. The van der Waals surface area contributed by atoms with Gasteiger partial charge < -0.3 is 19.3 Å². The van der Waals surface area contributed by atoms with Crippen LogP contribution in [0.2, 0.25) is 0 Å². The largest absolute Gasteiger partial charge is 0.465 e. The van der Waals surface area contributed by atoms with E-state index in [1.165, 1.54) is 20.2 Å². The molecule has 0 aliphatic carbocycles. The van der Waals surface area contributed by atoms with Crippen LogP contribution in [0.3, 0.4) is 0 Å². The lowest BCUT2D eigenvalue weighted by Crippen LogP contribution is -2.43. The lowest BCUT2D eigenvalue weighted by Gasteiger charge is -2.39. The van der Waals surface area contributed by atoms with Crippen molar-refractivity contribution in [2.24, 2.45) is 11.8 Å². The maximum absolute atomic E-state index is 13.8. The minimum Gasteiger partial charge on any atom is -0.465 e. The van der Waals surface area contributed by atoms with Gasteiger partial charge in [0.05, 0.1) is 17.2 Å². The van der Waals surface area contributed by atoms with Crippen LogP contribution in [-0.2, 0) is 22.9 Å². The van der Waals surface area contributed by atoms with Gasteiger partial charge in [-0.3, -0.25) is 0 Å². The molecule has 9 heteroatoms. The van der Waals surface area contributed by atoms with Gasteiger partial charge in [-0.1, -0.05) is 44.2 Å². The fourth-order valence-electron chi connectivity index (χ4n) is 6.37. The molecule has 2 aliphatic rings. The number of hydrogen-bond donors (Lipinski definition) is 1. The van der Waals surface area contributed by atoms with E-state index in [0.717, 1.165) is 55.6 Å². The first kappa shape index (κ1) is 27.7. The minimum atomic E-state index is -3.70. The molecule has 1 aromatic heterocycles. The number of carbonyl (C=O) groups is 1. The van der Waals surface area contributed by atoms with E-state index in [9.17, 15) is 18.3 Å². The Bertz CT molecular complexity index is 1430. The normalized spacial score (nSPS) is 19.2. The molecule has 0 radical (unpaired) electrons. The number of piperidine rings is 1. The van der Waals surface area contributed by atoms with Crippen molar-refractivity contribution in [3.63, 3.8) is 0 Å². The van der Waals surface area contributed by atoms with E-state index >= 15 is 0 Å². The van der Waals surface area contributed by atoms with Crippen LogP contribution >= 0.6 is 0 Å². The van der Waals surface area contributed by atoms with Gasteiger partial charge in [-0.25, -0.2) is 17.5 Å². The van der Waals surface area contributed by atoms with Crippen molar-refractivity contribution in [3.05, 3.63) is 65.4 Å². The Balaban J connectivity index is 1.21. The van der Waals surface area contributed by atoms with Crippen molar-refractivity contribution < 1.29 is 22.7 Å². The minimum absolute atomic E-state index is 0.0354. The molecule has 1 unspecified atom stereocenters. The summed E-state index contributed by atoms with van der Waals surface area (Å²) in [6.07, 6.45) is 4.16. The smallest absolute Gasteiger partial charge is 0.407 e. The van der Waals surface area contributed by atoms with Crippen LogP contribution in [0.15, 0.2) is 58.0 Å². The molecule has 1 fully saturated rings.